The fraction of sp³-hybridized carbons (Fsp3) is 0.231. The van der Waals surface area contributed by atoms with E-state index in [2.05, 4.69) is 36.2 Å². The van der Waals surface area contributed by atoms with Gasteiger partial charge in [-0.15, -0.1) is 0 Å². The maximum Gasteiger partial charge on any atom is 0.0480 e. The van der Waals surface area contributed by atoms with Gasteiger partial charge in [0.2, 0.25) is 0 Å². The first-order valence-corrected chi connectivity index (χ1v) is 4.98. The van der Waals surface area contributed by atoms with E-state index in [9.17, 15) is 0 Å². The van der Waals surface area contributed by atoms with Gasteiger partial charge in [-0.2, -0.15) is 0 Å². The molecule has 0 fully saturated rings. The largest absolute Gasteiger partial charge is 0.385 e. The van der Waals surface area contributed by atoms with Gasteiger partial charge in [-0.25, -0.2) is 0 Å². The lowest BCUT2D eigenvalue weighted by Gasteiger charge is -2.09. The minimum atomic E-state index is 0.684. The Bertz CT molecular complexity index is 374. The minimum absolute atomic E-state index is 0.684. The molecule has 1 aromatic carbocycles. The molecule has 0 aliphatic carbocycles. The second-order valence-corrected chi connectivity index (χ2v) is 3.21. The lowest BCUT2D eigenvalue weighted by atomic mass is 10.1. The summed E-state index contributed by atoms with van der Waals surface area (Å²) < 4.78 is 0. The van der Waals surface area contributed by atoms with Gasteiger partial charge in [-0.1, -0.05) is 31.2 Å². The highest BCUT2D eigenvalue weighted by atomic mass is 14.9. The van der Waals surface area contributed by atoms with Crippen molar-refractivity contribution in [3.05, 3.63) is 42.0 Å². The maximum atomic E-state index is 5.13. The summed E-state index contributed by atoms with van der Waals surface area (Å²) in [6.07, 6.45) is 5.13. The Morgan fingerprint density at radius 2 is 2.33 bits per heavy atom. The highest BCUT2D eigenvalue weighted by Crippen LogP contribution is 2.11. The summed E-state index contributed by atoms with van der Waals surface area (Å²) in [5.41, 5.74) is 3.21. The van der Waals surface area contributed by atoms with Crippen LogP contribution in [-0.4, -0.2) is 6.54 Å². The average Bonchev–Trinajstić information content (AvgIpc) is 2.27. The molecule has 0 unspecified atom stereocenters. The number of hydrogen-bond acceptors (Lipinski definition) is 2. The third-order valence-corrected chi connectivity index (χ3v) is 2.06. The predicted octanol–water partition coefficient (Wildman–Crippen LogP) is 1.95. The van der Waals surface area contributed by atoms with Crippen LogP contribution in [0.5, 0.6) is 0 Å². The van der Waals surface area contributed by atoms with Gasteiger partial charge in [0.25, 0.3) is 0 Å². The molecular weight excluding hydrogens is 184 g/mol. The van der Waals surface area contributed by atoms with Gasteiger partial charge in [-0.3, -0.25) is 0 Å². The first-order chi connectivity index (χ1) is 7.27. The molecule has 2 heteroatoms. The third-order valence-electron chi connectivity index (χ3n) is 2.06. The summed E-state index contributed by atoms with van der Waals surface area (Å²) in [5, 5.41) is 6.03. The van der Waals surface area contributed by atoms with E-state index in [1.54, 1.807) is 0 Å². The van der Waals surface area contributed by atoms with Crippen molar-refractivity contribution in [2.24, 2.45) is 0 Å². The van der Waals surface area contributed by atoms with Gasteiger partial charge < -0.3 is 10.6 Å². The molecule has 78 valence electrons. The maximum absolute atomic E-state index is 5.13. The Balaban J connectivity index is 2.74. The molecule has 0 heterocycles. The molecule has 0 spiro atoms. The quantitative estimate of drug-likeness (QED) is 0.560. The number of hydrogen-bond donors (Lipinski definition) is 2. The van der Waals surface area contributed by atoms with E-state index in [0.29, 0.717) is 6.54 Å². The molecule has 0 amide bonds. The molecule has 1 rings (SSSR count). The van der Waals surface area contributed by atoms with Gasteiger partial charge in [0.1, 0.15) is 0 Å². The van der Waals surface area contributed by atoms with Crippen LogP contribution in [0.3, 0.4) is 0 Å². The van der Waals surface area contributed by atoms with Crippen molar-refractivity contribution in [2.75, 3.05) is 6.54 Å². The third kappa shape index (κ3) is 3.40. The molecule has 2 N–H and O–H groups in total. The summed E-state index contributed by atoms with van der Waals surface area (Å²) >= 11 is 0. The van der Waals surface area contributed by atoms with E-state index in [1.165, 1.54) is 0 Å². The molecular formula is C13H16N2. The van der Waals surface area contributed by atoms with Crippen LogP contribution >= 0.6 is 0 Å². The standard InChI is InChI=1S/C13H16N2/c1-4-14-10-12-7-6-8-13(9-12)11(3)15-5-2/h1,6-9,14-15H,3,5,10H2,2H3. The van der Waals surface area contributed by atoms with Gasteiger partial charge in [0.15, 0.2) is 0 Å². The monoisotopic (exact) mass is 200 g/mol. The van der Waals surface area contributed by atoms with E-state index < -0.39 is 0 Å². The minimum Gasteiger partial charge on any atom is -0.385 e. The molecule has 0 aromatic heterocycles. The molecule has 0 aliphatic heterocycles. The van der Waals surface area contributed by atoms with Crippen LogP contribution in [0.25, 0.3) is 5.70 Å². The van der Waals surface area contributed by atoms with Crippen molar-refractivity contribution in [3.63, 3.8) is 0 Å². The second-order valence-electron chi connectivity index (χ2n) is 3.21. The smallest absolute Gasteiger partial charge is 0.0480 e. The predicted molar refractivity (Wildman–Crippen MR) is 64.8 cm³/mol. The van der Waals surface area contributed by atoms with E-state index >= 15 is 0 Å². The zero-order valence-electron chi connectivity index (χ0n) is 9.01. The SMILES string of the molecule is C#CNCc1cccc(C(=C)NCC)c1. The summed E-state index contributed by atoms with van der Waals surface area (Å²) in [5.74, 6) is 0. The Hall–Kier alpha value is -1.88. The fourth-order valence-corrected chi connectivity index (χ4v) is 1.34. The molecule has 0 atom stereocenters. The van der Waals surface area contributed by atoms with Crippen LogP contribution in [0.2, 0.25) is 0 Å². The van der Waals surface area contributed by atoms with Crippen LogP contribution < -0.4 is 10.6 Å². The Morgan fingerprint density at radius 3 is 3.00 bits per heavy atom. The van der Waals surface area contributed by atoms with Crippen molar-refractivity contribution in [2.45, 2.75) is 13.5 Å². The van der Waals surface area contributed by atoms with E-state index in [1.807, 2.05) is 18.2 Å². The van der Waals surface area contributed by atoms with Gasteiger partial charge >= 0.3 is 0 Å². The molecule has 0 saturated heterocycles. The van der Waals surface area contributed by atoms with Crippen molar-refractivity contribution in [3.8, 4) is 12.5 Å². The van der Waals surface area contributed by atoms with Gasteiger partial charge in [-0.05, 0) is 24.1 Å². The van der Waals surface area contributed by atoms with E-state index in [4.69, 9.17) is 6.42 Å². The van der Waals surface area contributed by atoms with Crippen molar-refractivity contribution in [1.29, 1.82) is 0 Å². The summed E-state index contributed by atoms with van der Waals surface area (Å²) in [6, 6.07) is 10.6. The van der Waals surface area contributed by atoms with Crippen LogP contribution in [0, 0.1) is 12.5 Å². The van der Waals surface area contributed by atoms with E-state index in [0.717, 1.165) is 23.4 Å². The Kier molecular flexibility index (Phi) is 4.30. The number of nitrogens with one attached hydrogen (secondary N) is 2. The normalized spacial score (nSPS) is 9.07. The number of benzene rings is 1. The average molecular weight is 200 g/mol. The number of rotatable bonds is 5. The second kappa shape index (κ2) is 5.77. The summed E-state index contributed by atoms with van der Waals surface area (Å²) in [6.45, 7) is 7.58. The first kappa shape index (κ1) is 11.2. The van der Waals surface area contributed by atoms with Crippen LogP contribution in [-0.2, 0) is 6.54 Å². The van der Waals surface area contributed by atoms with Crippen molar-refractivity contribution >= 4 is 5.70 Å². The van der Waals surface area contributed by atoms with Crippen molar-refractivity contribution < 1.29 is 0 Å². The molecule has 0 bridgehead atoms. The van der Waals surface area contributed by atoms with Crippen LogP contribution in [0.1, 0.15) is 18.1 Å². The molecule has 2 nitrogen and oxygen atoms in total. The summed E-state index contributed by atoms with van der Waals surface area (Å²) in [7, 11) is 0. The number of terminal acetylenes is 1. The van der Waals surface area contributed by atoms with Crippen LogP contribution in [0.4, 0.5) is 0 Å². The zero-order chi connectivity index (χ0) is 11.1. The molecule has 0 aliphatic rings. The first-order valence-electron chi connectivity index (χ1n) is 4.98. The van der Waals surface area contributed by atoms with Crippen LogP contribution in [0.15, 0.2) is 30.8 Å². The lowest BCUT2D eigenvalue weighted by molar-refractivity contribution is 0.897. The Labute approximate surface area is 91.4 Å². The van der Waals surface area contributed by atoms with Gasteiger partial charge in [0, 0.05) is 24.8 Å². The van der Waals surface area contributed by atoms with Crippen molar-refractivity contribution in [1.82, 2.24) is 10.6 Å². The zero-order valence-corrected chi connectivity index (χ0v) is 9.01. The van der Waals surface area contributed by atoms with E-state index in [-0.39, 0.29) is 0 Å². The summed E-state index contributed by atoms with van der Waals surface area (Å²) in [4.78, 5) is 0. The molecule has 1 aromatic rings. The fourth-order valence-electron chi connectivity index (χ4n) is 1.34. The molecule has 0 radical (unpaired) electrons. The molecule has 15 heavy (non-hydrogen) atoms. The highest BCUT2D eigenvalue weighted by molar-refractivity contribution is 5.62. The van der Waals surface area contributed by atoms with Gasteiger partial charge in [0.05, 0.1) is 0 Å². The highest BCUT2D eigenvalue weighted by Gasteiger charge is 1.98. The topological polar surface area (TPSA) is 24.1 Å². The lowest BCUT2D eigenvalue weighted by Crippen LogP contribution is -2.10. The molecule has 0 saturated carbocycles. The Morgan fingerprint density at radius 1 is 1.53 bits per heavy atom.